The van der Waals surface area contributed by atoms with Crippen LogP contribution in [0.15, 0.2) is 18.3 Å². The van der Waals surface area contributed by atoms with Crippen molar-refractivity contribution < 1.29 is 9.59 Å². The van der Waals surface area contributed by atoms with E-state index in [4.69, 9.17) is 0 Å². The highest BCUT2D eigenvalue weighted by atomic mass is 16.2. The van der Waals surface area contributed by atoms with Gasteiger partial charge in [0.15, 0.2) is 0 Å². The first kappa shape index (κ1) is 20.0. The van der Waals surface area contributed by atoms with Gasteiger partial charge in [0, 0.05) is 63.1 Å². The van der Waals surface area contributed by atoms with E-state index in [0.29, 0.717) is 5.91 Å². The summed E-state index contributed by atoms with van der Waals surface area (Å²) in [6.07, 6.45) is 9.88. The highest BCUT2D eigenvalue weighted by Gasteiger charge is 2.50. The van der Waals surface area contributed by atoms with Gasteiger partial charge in [0.05, 0.1) is 5.56 Å². The molecule has 1 spiro atoms. The van der Waals surface area contributed by atoms with E-state index < -0.39 is 0 Å². The minimum Gasteiger partial charge on any atom is -0.340 e. The van der Waals surface area contributed by atoms with Crippen LogP contribution < -0.4 is 0 Å². The predicted molar refractivity (Wildman–Crippen MR) is 115 cm³/mol. The van der Waals surface area contributed by atoms with Crippen molar-refractivity contribution in [1.29, 1.82) is 0 Å². The van der Waals surface area contributed by atoms with Crippen LogP contribution in [0.3, 0.4) is 0 Å². The second kappa shape index (κ2) is 7.95. The van der Waals surface area contributed by atoms with Crippen LogP contribution in [0.2, 0.25) is 0 Å². The van der Waals surface area contributed by atoms with Crippen LogP contribution in [0.1, 0.15) is 61.0 Å². The van der Waals surface area contributed by atoms with Crippen molar-refractivity contribution in [3.63, 3.8) is 0 Å². The molecule has 2 saturated carbocycles. The fourth-order valence-electron chi connectivity index (χ4n) is 5.95. The molecule has 4 aliphatic rings. The van der Waals surface area contributed by atoms with Crippen molar-refractivity contribution in [2.24, 2.45) is 11.3 Å². The Balaban J connectivity index is 1.09. The van der Waals surface area contributed by atoms with Gasteiger partial charge >= 0.3 is 0 Å². The van der Waals surface area contributed by atoms with Gasteiger partial charge in [-0.25, -0.2) is 0 Å². The molecular weight excluding hydrogens is 376 g/mol. The molecule has 5 rings (SSSR count). The Morgan fingerprint density at radius 3 is 2.30 bits per heavy atom. The molecule has 4 fully saturated rings. The standard InChI is InChI=1S/C24H34N4O2/c1-18-21(6-3-9-25-18)23(30)27-10-7-24(8-11-27)16-19(17-24)22(29)28-14-12-26(13-15-28)20-4-2-5-20/h3,6,9,19-20H,2,4-5,7-8,10-17H2,1H3. The van der Waals surface area contributed by atoms with Crippen LogP contribution in [-0.2, 0) is 4.79 Å². The average Bonchev–Trinajstić information content (AvgIpc) is 2.71. The van der Waals surface area contributed by atoms with Gasteiger partial charge < -0.3 is 9.80 Å². The fraction of sp³-hybridized carbons (Fsp3) is 0.708. The number of likely N-dealkylation sites (tertiary alicyclic amines) is 1. The van der Waals surface area contributed by atoms with E-state index in [1.54, 1.807) is 6.20 Å². The van der Waals surface area contributed by atoms with E-state index in [1.807, 2.05) is 24.0 Å². The first-order chi connectivity index (χ1) is 14.5. The molecule has 0 radical (unpaired) electrons. The van der Waals surface area contributed by atoms with Gasteiger partial charge in [0.1, 0.15) is 0 Å². The molecular formula is C24H34N4O2. The van der Waals surface area contributed by atoms with Crippen molar-refractivity contribution >= 4 is 11.8 Å². The summed E-state index contributed by atoms with van der Waals surface area (Å²) in [5, 5.41) is 0. The maximum absolute atomic E-state index is 13.0. The summed E-state index contributed by atoms with van der Waals surface area (Å²) >= 11 is 0. The van der Waals surface area contributed by atoms with E-state index >= 15 is 0 Å². The second-order valence-corrected chi connectivity index (χ2v) is 9.98. The Bertz CT molecular complexity index is 797. The van der Waals surface area contributed by atoms with Crippen molar-refractivity contribution in [2.45, 2.75) is 57.9 Å². The van der Waals surface area contributed by atoms with E-state index in [1.165, 1.54) is 19.3 Å². The lowest BCUT2D eigenvalue weighted by Gasteiger charge is -2.53. The molecule has 6 nitrogen and oxygen atoms in total. The monoisotopic (exact) mass is 410 g/mol. The first-order valence-corrected chi connectivity index (χ1v) is 11.8. The predicted octanol–water partition coefficient (Wildman–Crippen LogP) is 2.72. The number of carbonyl (C=O) groups excluding carboxylic acids is 2. The van der Waals surface area contributed by atoms with E-state index in [9.17, 15) is 9.59 Å². The van der Waals surface area contributed by atoms with E-state index in [0.717, 1.165) is 82.3 Å². The Kier molecular flexibility index (Phi) is 5.30. The third-order valence-corrected chi connectivity index (χ3v) is 8.27. The normalized spacial score (nSPS) is 25.1. The molecule has 30 heavy (non-hydrogen) atoms. The number of hydrogen-bond acceptors (Lipinski definition) is 4. The van der Waals surface area contributed by atoms with Crippen LogP contribution in [0, 0.1) is 18.3 Å². The molecule has 1 aromatic heterocycles. The number of aryl methyl sites for hydroxylation is 1. The summed E-state index contributed by atoms with van der Waals surface area (Å²) in [5.74, 6) is 0.702. The van der Waals surface area contributed by atoms with E-state index in [2.05, 4.69) is 14.8 Å². The Morgan fingerprint density at radius 1 is 1.00 bits per heavy atom. The molecule has 0 unspecified atom stereocenters. The maximum atomic E-state index is 13.0. The van der Waals surface area contributed by atoms with Crippen molar-refractivity contribution in [3.05, 3.63) is 29.6 Å². The van der Waals surface area contributed by atoms with Crippen LogP contribution >= 0.6 is 0 Å². The summed E-state index contributed by atoms with van der Waals surface area (Å²) in [6, 6.07) is 4.50. The summed E-state index contributed by atoms with van der Waals surface area (Å²) in [4.78, 5) is 36.8. The van der Waals surface area contributed by atoms with Crippen molar-refractivity contribution in [3.8, 4) is 0 Å². The zero-order valence-electron chi connectivity index (χ0n) is 18.2. The molecule has 3 heterocycles. The molecule has 0 N–H and O–H groups in total. The lowest BCUT2D eigenvalue weighted by atomic mass is 9.57. The largest absolute Gasteiger partial charge is 0.340 e. The smallest absolute Gasteiger partial charge is 0.255 e. The average molecular weight is 411 g/mol. The van der Waals surface area contributed by atoms with Gasteiger partial charge in [-0.1, -0.05) is 6.42 Å². The Morgan fingerprint density at radius 2 is 1.70 bits per heavy atom. The molecule has 2 aliphatic heterocycles. The van der Waals surface area contributed by atoms with E-state index in [-0.39, 0.29) is 17.2 Å². The zero-order valence-corrected chi connectivity index (χ0v) is 18.2. The molecule has 2 amide bonds. The Hall–Kier alpha value is -1.95. The molecule has 162 valence electrons. The summed E-state index contributed by atoms with van der Waals surface area (Å²) in [6.45, 7) is 7.42. The number of hydrogen-bond donors (Lipinski definition) is 0. The number of carbonyl (C=O) groups is 2. The maximum Gasteiger partial charge on any atom is 0.255 e. The highest BCUT2D eigenvalue weighted by molar-refractivity contribution is 5.95. The number of piperidine rings is 1. The zero-order chi connectivity index (χ0) is 20.7. The van der Waals surface area contributed by atoms with Gasteiger partial charge in [-0.2, -0.15) is 0 Å². The molecule has 6 heteroatoms. The topological polar surface area (TPSA) is 56.8 Å². The van der Waals surface area contributed by atoms with Crippen LogP contribution in [0.4, 0.5) is 0 Å². The number of pyridine rings is 1. The lowest BCUT2D eigenvalue weighted by molar-refractivity contribution is -0.148. The van der Waals surface area contributed by atoms with Crippen LogP contribution in [0.5, 0.6) is 0 Å². The molecule has 2 saturated heterocycles. The van der Waals surface area contributed by atoms with Gasteiger partial charge in [0.2, 0.25) is 5.91 Å². The molecule has 0 bridgehead atoms. The minimum absolute atomic E-state index is 0.103. The summed E-state index contributed by atoms with van der Waals surface area (Å²) in [7, 11) is 0. The Labute approximate surface area is 179 Å². The molecule has 1 aromatic rings. The van der Waals surface area contributed by atoms with Crippen molar-refractivity contribution in [2.75, 3.05) is 39.3 Å². The second-order valence-electron chi connectivity index (χ2n) is 9.98. The van der Waals surface area contributed by atoms with Gasteiger partial charge in [0.25, 0.3) is 5.91 Å². The first-order valence-electron chi connectivity index (χ1n) is 11.8. The summed E-state index contributed by atoms with van der Waals surface area (Å²) < 4.78 is 0. The SMILES string of the molecule is Cc1ncccc1C(=O)N1CCC2(CC1)CC(C(=O)N1CCN(C3CCC3)CC1)C2. The lowest BCUT2D eigenvalue weighted by Crippen LogP contribution is -2.57. The van der Waals surface area contributed by atoms with Crippen LogP contribution in [-0.4, -0.2) is 76.8 Å². The molecule has 2 aliphatic carbocycles. The number of rotatable bonds is 3. The third-order valence-electron chi connectivity index (χ3n) is 8.27. The third kappa shape index (κ3) is 3.64. The molecule has 0 aromatic carbocycles. The van der Waals surface area contributed by atoms with Gasteiger partial charge in [-0.05, 0) is 63.0 Å². The van der Waals surface area contributed by atoms with Crippen LogP contribution in [0.25, 0.3) is 0 Å². The number of piperazine rings is 1. The number of aromatic nitrogens is 1. The summed E-state index contributed by atoms with van der Waals surface area (Å²) in [5.41, 5.74) is 1.81. The van der Waals surface area contributed by atoms with Gasteiger partial charge in [-0.15, -0.1) is 0 Å². The minimum atomic E-state index is 0.103. The quantitative estimate of drug-likeness (QED) is 0.769. The van der Waals surface area contributed by atoms with Crippen molar-refractivity contribution in [1.82, 2.24) is 19.7 Å². The fourth-order valence-corrected chi connectivity index (χ4v) is 5.95. The van der Waals surface area contributed by atoms with Gasteiger partial charge in [-0.3, -0.25) is 19.5 Å². The highest BCUT2D eigenvalue weighted by Crippen LogP contribution is 2.53. The molecule has 0 atom stereocenters. The number of amides is 2. The number of nitrogens with zero attached hydrogens (tertiary/aromatic N) is 4.